The minimum Gasteiger partial charge on any atom is -0.504 e. The maximum atomic E-state index is 13.6. The Labute approximate surface area is 94.0 Å². The summed E-state index contributed by atoms with van der Waals surface area (Å²) in [7, 11) is 1.20. The molecule has 0 saturated heterocycles. The van der Waals surface area contributed by atoms with Crippen LogP contribution in [-0.2, 0) is 0 Å². The van der Waals surface area contributed by atoms with Gasteiger partial charge in [-0.1, -0.05) is 0 Å². The fraction of sp³-hybridized carbons (Fsp3) is 0.222. The van der Waals surface area contributed by atoms with Crippen molar-refractivity contribution in [2.24, 2.45) is 5.73 Å². The normalized spacial score (nSPS) is 10.1. The summed E-state index contributed by atoms with van der Waals surface area (Å²) < 4.78 is 18.4. The highest BCUT2D eigenvalue weighted by atomic mass is 79.9. The number of carbonyl (C=O) groups excluding carboxylic acids is 1. The highest BCUT2D eigenvalue weighted by molar-refractivity contribution is 9.10. The van der Waals surface area contributed by atoms with Gasteiger partial charge in [0, 0.05) is 4.47 Å². The van der Waals surface area contributed by atoms with Gasteiger partial charge in [-0.3, -0.25) is 4.79 Å². The number of benzene rings is 1. The largest absolute Gasteiger partial charge is 0.504 e. The second-order valence-electron chi connectivity index (χ2n) is 2.73. The van der Waals surface area contributed by atoms with Gasteiger partial charge >= 0.3 is 0 Å². The van der Waals surface area contributed by atoms with E-state index < -0.39 is 11.6 Å². The van der Waals surface area contributed by atoms with Gasteiger partial charge in [-0.2, -0.15) is 0 Å². The van der Waals surface area contributed by atoms with Gasteiger partial charge in [0.25, 0.3) is 0 Å². The summed E-state index contributed by atoms with van der Waals surface area (Å²) >= 11 is 2.97. The molecule has 0 aliphatic heterocycles. The van der Waals surface area contributed by atoms with Crippen LogP contribution in [-0.4, -0.2) is 24.5 Å². The van der Waals surface area contributed by atoms with E-state index >= 15 is 0 Å². The van der Waals surface area contributed by atoms with Crippen LogP contribution in [0.5, 0.6) is 11.5 Å². The first-order valence-electron chi connectivity index (χ1n) is 4.01. The van der Waals surface area contributed by atoms with E-state index in [0.29, 0.717) is 0 Å². The number of phenolic OH excluding ortho intramolecular Hbond substituents is 1. The zero-order valence-electron chi connectivity index (χ0n) is 7.88. The van der Waals surface area contributed by atoms with Crippen LogP contribution in [0.25, 0.3) is 0 Å². The van der Waals surface area contributed by atoms with E-state index in [9.17, 15) is 14.3 Å². The Bertz CT molecular complexity index is 409. The number of carbonyl (C=O) groups is 1. The molecule has 0 aliphatic rings. The fourth-order valence-corrected chi connectivity index (χ4v) is 1.75. The molecule has 0 radical (unpaired) electrons. The molecule has 4 nitrogen and oxygen atoms in total. The van der Waals surface area contributed by atoms with E-state index in [1.54, 1.807) is 0 Å². The summed E-state index contributed by atoms with van der Waals surface area (Å²) in [4.78, 5) is 11.3. The van der Waals surface area contributed by atoms with Crippen molar-refractivity contribution in [1.29, 1.82) is 0 Å². The number of nitrogens with two attached hydrogens (primary N) is 1. The highest BCUT2D eigenvalue weighted by Crippen LogP contribution is 2.36. The molecule has 0 bridgehead atoms. The molecule has 1 rings (SSSR count). The average molecular weight is 278 g/mol. The van der Waals surface area contributed by atoms with Crippen molar-refractivity contribution in [1.82, 2.24) is 0 Å². The zero-order chi connectivity index (χ0) is 11.6. The standard InChI is InChI=1S/C9H9BrFNO3/c1-15-9-5(13)2-4(10)7(8(9)11)6(14)3-12/h2,13H,3,12H2,1H3. The molecule has 3 N–H and O–H groups in total. The Balaban J connectivity index is 3.45. The quantitative estimate of drug-likeness (QED) is 0.821. The van der Waals surface area contributed by atoms with E-state index in [1.165, 1.54) is 13.2 Å². The van der Waals surface area contributed by atoms with Gasteiger partial charge in [0.1, 0.15) is 0 Å². The number of hydrogen-bond donors (Lipinski definition) is 2. The number of ketones is 1. The SMILES string of the molecule is COc1c(O)cc(Br)c(C(=O)CN)c1F. The Morgan fingerprint density at radius 3 is 2.80 bits per heavy atom. The summed E-state index contributed by atoms with van der Waals surface area (Å²) in [5.41, 5.74) is 4.92. The number of hydrogen-bond acceptors (Lipinski definition) is 4. The first kappa shape index (κ1) is 11.9. The lowest BCUT2D eigenvalue weighted by molar-refractivity contribution is 0.0996. The molecule has 0 fully saturated rings. The molecule has 0 saturated carbocycles. The smallest absolute Gasteiger partial charge is 0.197 e. The van der Waals surface area contributed by atoms with Gasteiger partial charge in [0.05, 0.1) is 19.2 Å². The second-order valence-corrected chi connectivity index (χ2v) is 3.58. The van der Waals surface area contributed by atoms with Gasteiger partial charge < -0.3 is 15.6 Å². The highest BCUT2D eigenvalue weighted by Gasteiger charge is 2.21. The Morgan fingerprint density at radius 2 is 2.33 bits per heavy atom. The lowest BCUT2D eigenvalue weighted by Gasteiger charge is -2.09. The van der Waals surface area contributed by atoms with E-state index in [0.717, 1.165) is 0 Å². The molecule has 0 spiro atoms. The first-order valence-corrected chi connectivity index (χ1v) is 4.80. The third-order valence-corrected chi connectivity index (χ3v) is 2.45. The predicted molar refractivity (Wildman–Crippen MR) is 55.7 cm³/mol. The maximum Gasteiger partial charge on any atom is 0.197 e. The Hall–Kier alpha value is -1.14. The fourth-order valence-electron chi connectivity index (χ4n) is 1.14. The van der Waals surface area contributed by atoms with Gasteiger partial charge in [-0.05, 0) is 22.0 Å². The summed E-state index contributed by atoms with van der Waals surface area (Å²) in [5.74, 6) is -2.23. The molecule has 82 valence electrons. The van der Waals surface area contributed by atoms with Crippen LogP contribution in [0.3, 0.4) is 0 Å². The van der Waals surface area contributed by atoms with Crippen LogP contribution in [0.1, 0.15) is 10.4 Å². The van der Waals surface area contributed by atoms with Crippen LogP contribution in [0.4, 0.5) is 4.39 Å². The zero-order valence-corrected chi connectivity index (χ0v) is 9.47. The van der Waals surface area contributed by atoms with Crippen molar-refractivity contribution in [2.75, 3.05) is 13.7 Å². The van der Waals surface area contributed by atoms with Crippen molar-refractivity contribution in [3.8, 4) is 11.5 Å². The van der Waals surface area contributed by atoms with Crippen LogP contribution in [0.15, 0.2) is 10.5 Å². The molecule has 1 aromatic carbocycles. The van der Waals surface area contributed by atoms with E-state index in [-0.39, 0.29) is 28.1 Å². The van der Waals surface area contributed by atoms with Crippen LogP contribution < -0.4 is 10.5 Å². The molecule has 0 aromatic heterocycles. The van der Waals surface area contributed by atoms with Crippen molar-refractivity contribution < 1.29 is 19.0 Å². The molecule has 0 atom stereocenters. The molecule has 0 aliphatic carbocycles. The van der Waals surface area contributed by atoms with Crippen LogP contribution in [0, 0.1) is 5.82 Å². The van der Waals surface area contributed by atoms with Gasteiger partial charge in [0.2, 0.25) is 0 Å². The van der Waals surface area contributed by atoms with E-state index in [4.69, 9.17) is 5.73 Å². The van der Waals surface area contributed by atoms with Gasteiger partial charge in [0.15, 0.2) is 23.1 Å². The first-order chi connectivity index (χ1) is 7.02. The van der Waals surface area contributed by atoms with E-state index in [1.807, 2.05) is 0 Å². The summed E-state index contributed by atoms with van der Waals surface area (Å²) in [6, 6.07) is 1.19. The lowest BCUT2D eigenvalue weighted by Crippen LogP contribution is -2.16. The van der Waals surface area contributed by atoms with Gasteiger partial charge in [-0.15, -0.1) is 0 Å². The van der Waals surface area contributed by atoms with Gasteiger partial charge in [-0.25, -0.2) is 4.39 Å². The third-order valence-electron chi connectivity index (χ3n) is 1.82. The number of ether oxygens (including phenoxy) is 1. The number of aromatic hydroxyl groups is 1. The molecule has 1 aromatic rings. The van der Waals surface area contributed by atoms with Crippen LogP contribution >= 0.6 is 15.9 Å². The minimum absolute atomic E-state index is 0.147. The molecule has 15 heavy (non-hydrogen) atoms. The summed E-state index contributed by atoms with van der Waals surface area (Å²) in [6.07, 6.45) is 0. The number of Topliss-reactive ketones (excluding diaryl/α,β-unsaturated/α-hetero) is 1. The predicted octanol–water partition coefficient (Wildman–Crippen LogP) is 1.44. The number of rotatable bonds is 3. The summed E-state index contributed by atoms with van der Waals surface area (Å²) in [6.45, 7) is -0.316. The number of methoxy groups -OCH3 is 1. The molecule has 0 amide bonds. The molecular formula is C9H9BrFNO3. The Kier molecular flexibility index (Phi) is 3.65. The van der Waals surface area contributed by atoms with Crippen LogP contribution in [0.2, 0.25) is 0 Å². The molecule has 0 heterocycles. The molecular weight excluding hydrogens is 269 g/mol. The minimum atomic E-state index is -0.917. The Morgan fingerprint density at radius 1 is 1.73 bits per heavy atom. The maximum absolute atomic E-state index is 13.6. The lowest BCUT2D eigenvalue weighted by atomic mass is 10.1. The van der Waals surface area contributed by atoms with Crippen molar-refractivity contribution in [2.45, 2.75) is 0 Å². The number of phenols is 1. The third kappa shape index (κ3) is 2.10. The molecule has 6 heteroatoms. The van der Waals surface area contributed by atoms with Crippen molar-refractivity contribution in [3.63, 3.8) is 0 Å². The summed E-state index contributed by atoms with van der Waals surface area (Å²) in [5, 5.41) is 9.31. The average Bonchev–Trinajstić information content (AvgIpc) is 2.17. The van der Waals surface area contributed by atoms with Crippen molar-refractivity contribution in [3.05, 3.63) is 21.9 Å². The second kappa shape index (κ2) is 4.59. The van der Waals surface area contributed by atoms with E-state index in [2.05, 4.69) is 20.7 Å². The topological polar surface area (TPSA) is 72.5 Å². The molecule has 0 unspecified atom stereocenters. The van der Waals surface area contributed by atoms with Crippen molar-refractivity contribution >= 4 is 21.7 Å². The number of halogens is 2. The monoisotopic (exact) mass is 277 g/mol.